The molecule has 0 aromatic carbocycles. The van der Waals surface area contributed by atoms with E-state index in [0.717, 1.165) is 109 Å². The van der Waals surface area contributed by atoms with Gasteiger partial charge in [-0.25, -0.2) is 0 Å². The molecule has 6 heteroatoms. The average molecular weight is 1080 g/mol. The first-order valence-electron chi connectivity index (χ1n) is 32.5. The van der Waals surface area contributed by atoms with E-state index in [1.54, 1.807) is 0 Å². The van der Waals surface area contributed by atoms with Crippen molar-refractivity contribution >= 4 is 17.9 Å². The quantitative estimate of drug-likeness (QED) is 0.0261. The lowest BCUT2D eigenvalue weighted by atomic mass is 10.0. The number of unbranched alkanes of at least 4 members (excludes halogenated alkanes) is 27. The Morgan fingerprint density at radius 1 is 0.269 bits per heavy atom. The summed E-state index contributed by atoms with van der Waals surface area (Å²) < 4.78 is 16.9. The van der Waals surface area contributed by atoms with Crippen LogP contribution in [0.4, 0.5) is 0 Å². The lowest BCUT2D eigenvalue weighted by molar-refractivity contribution is -0.166. The molecule has 1 atom stereocenters. The van der Waals surface area contributed by atoms with Gasteiger partial charge in [0.05, 0.1) is 0 Å². The van der Waals surface area contributed by atoms with Gasteiger partial charge in [-0.1, -0.05) is 303 Å². The summed E-state index contributed by atoms with van der Waals surface area (Å²) in [6.07, 6.45) is 90.8. The molecule has 0 saturated carbocycles. The van der Waals surface area contributed by atoms with Crippen LogP contribution in [0.3, 0.4) is 0 Å². The Labute approximate surface area is 482 Å². The third-order valence-electron chi connectivity index (χ3n) is 13.7. The van der Waals surface area contributed by atoms with Crippen molar-refractivity contribution in [2.75, 3.05) is 13.2 Å². The number of rotatable bonds is 58. The van der Waals surface area contributed by atoms with Crippen LogP contribution in [0.2, 0.25) is 0 Å². The molecule has 0 aliphatic rings. The maximum absolute atomic E-state index is 12.9. The number of ether oxygens (including phenoxy) is 3. The molecule has 0 bridgehead atoms. The van der Waals surface area contributed by atoms with Gasteiger partial charge in [-0.15, -0.1) is 0 Å². The van der Waals surface area contributed by atoms with Crippen molar-refractivity contribution in [2.45, 2.75) is 303 Å². The summed E-state index contributed by atoms with van der Waals surface area (Å²) in [4.78, 5) is 38.3. The smallest absolute Gasteiger partial charge is 0.306 e. The van der Waals surface area contributed by atoms with E-state index in [9.17, 15) is 14.4 Å². The molecule has 78 heavy (non-hydrogen) atoms. The van der Waals surface area contributed by atoms with Gasteiger partial charge in [-0.2, -0.15) is 0 Å². The predicted octanol–water partition coefficient (Wildman–Crippen LogP) is 22.4. The van der Waals surface area contributed by atoms with E-state index in [4.69, 9.17) is 14.2 Å². The molecule has 0 aromatic heterocycles. The van der Waals surface area contributed by atoms with Crippen molar-refractivity contribution in [3.05, 3.63) is 122 Å². The number of carbonyl (C=O) groups excluding carboxylic acids is 3. The molecule has 1 unspecified atom stereocenters. The molecule has 0 spiro atoms. The monoisotopic (exact) mass is 1080 g/mol. The van der Waals surface area contributed by atoms with Crippen LogP contribution in [-0.2, 0) is 28.6 Å². The van der Waals surface area contributed by atoms with Crippen molar-refractivity contribution in [1.82, 2.24) is 0 Å². The van der Waals surface area contributed by atoms with Crippen LogP contribution in [0.25, 0.3) is 0 Å². The van der Waals surface area contributed by atoms with Gasteiger partial charge in [0.1, 0.15) is 13.2 Å². The first-order chi connectivity index (χ1) is 38.5. The van der Waals surface area contributed by atoms with Gasteiger partial charge in [0.2, 0.25) is 0 Å². The number of carbonyl (C=O) groups is 3. The zero-order valence-electron chi connectivity index (χ0n) is 50.9. The molecule has 6 nitrogen and oxygen atoms in total. The van der Waals surface area contributed by atoms with Crippen LogP contribution >= 0.6 is 0 Å². The first-order valence-corrected chi connectivity index (χ1v) is 32.5. The maximum Gasteiger partial charge on any atom is 0.306 e. The molecule has 0 rings (SSSR count). The Kier molecular flexibility index (Phi) is 61.8. The Hall–Kier alpha value is -4.19. The Morgan fingerprint density at radius 3 is 0.859 bits per heavy atom. The molecular weight excluding hydrogens is 961 g/mol. The molecule has 0 aromatic rings. The summed E-state index contributed by atoms with van der Waals surface area (Å²) >= 11 is 0. The largest absolute Gasteiger partial charge is 0.462 e. The van der Waals surface area contributed by atoms with Crippen LogP contribution in [-0.4, -0.2) is 37.2 Å². The first kappa shape index (κ1) is 73.8. The highest BCUT2D eigenvalue weighted by Crippen LogP contribution is 2.17. The second-order valence-electron chi connectivity index (χ2n) is 21.3. The van der Waals surface area contributed by atoms with Gasteiger partial charge in [-0.3, -0.25) is 14.4 Å². The van der Waals surface area contributed by atoms with E-state index in [-0.39, 0.29) is 37.5 Å². The molecule has 0 amide bonds. The average Bonchev–Trinajstić information content (AvgIpc) is 3.44. The van der Waals surface area contributed by atoms with Crippen LogP contribution < -0.4 is 0 Å². The summed E-state index contributed by atoms with van der Waals surface area (Å²) in [7, 11) is 0. The summed E-state index contributed by atoms with van der Waals surface area (Å²) in [6, 6.07) is 0. The minimum atomic E-state index is -0.813. The lowest BCUT2D eigenvalue weighted by Crippen LogP contribution is -2.30. The fraction of sp³-hybridized carbons (Fsp3) is 0.681. The lowest BCUT2D eigenvalue weighted by Gasteiger charge is -2.18. The summed E-state index contributed by atoms with van der Waals surface area (Å²) in [6.45, 7) is 6.36. The van der Waals surface area contributed by atoms with Crippen molar-refractivity contribution in [1.29, 1.82) is 0 Å². The van der Waals surface area contributed by atoms with Crippen molar-refractivity contribution in [2.24, 2.45) is 0 Å². The van der Waals surface area contributed by atoms with Crippen molar-refractivity contribution < 1.29 is 28.6 Å². The highest BCUT2D eigenvalue weighted by atomic mass is 16.6. The van der Waals surface area contributed by atoms with Crippen molar-refractivity contribution in [3.8, 4) is 0 Å². The van der Waals surface area contributed by atoms with Crippen LogP contribution in [0.5, 0.6) is 0 Å². The summed E-state index contributed by atoms with van der Waals surface area (Å²) in [5.74, 6) is -0.989. The standard InChI is InChI=1S/C72H120O6/c1-4-7-10-13-16-19-22-25-27-29-31-33-34-35-36-37-38-39-41-42-44-47-50-53-56-59-62-65-71(74)77-68-69(67-76-70(73)64-61-58-55-52-49-46-24-21-18-15-12-9-6-3)78-72(75)66-63-60-57-54-51-48-45-43-40-32-30-28-26-23-20-17-14-11-8-5-2/h7,9-10,12,16,18-19,21,25,27,31,33,35-36,38-39,46,49,55,58,69H,4-6,8,11,13-15,17,20,22-24,26,28-30,32,34,37,40-45,47-48,50-54,56-57,59-68H2,1-3H3/b10-7-,12-9-,19-16-,21-18-,27-25-,33-31-,36-35-,39-38-,49-46-,58-55-. The normalized spacial score (nSPS) is 12.9. The number of allylic oxidation sites excluding steroid dienone is 20. The molecule has 0 heterocycles. The fourth-order valence-electron chi connectivity index (χ4n) is 8.93. The molecule has 0 fully saturated rings. The predicted molar refractivity (Wildman–Crippen MR) is 339 cm³/mol. The van der Waals surface area contributed by atoms with E-state index in [0.29, 0.717) is 19.3 Å². The number of hydrogen-bond donors (Lipinski definition) is 0. The van der Waals surface area contributed by atoms with Gasteiger partial charge >= 0.3 is 17.9 Å². The summed E-state index contributed by atoms with van der Waals surface area (Å²) in [5.41, 5.74) is 0. The van der Waals surface area contributed by atoms with Gasteiger partial charge in [0, 0.05) is 19.3 Å². The van der Waals surface area contributed by atoms with Gasteiger partial charge in [0.25, 0.3) is 0 Å². The Morgan fingerprint density at radius 2 is 0.526 bits per heavy atom. The van der Waals surface area contributed by atoms with E-state index < -0.39 is 6.10 Å². The SMILES string of the molecule is CC/C=C\C/C=C\C/C=C\C/C=C\C/C=C\C/C=C\CCCCCCCCCCC(=O)OCC(COC(=O)CC/C=C\C/C=C\C/C=C\C/C=C\CC)OC(=O)CCCCCCCCCCCCCCCCCCCCCC. The highest BCUT2D eigenvalue weighted by Gasteiger charge is 2.19. The Bertz CT molecular complexity index is 1620. The zero-order chi connectivity index (χ0) is 56.4. The van der Waals surface area contributed by atoms with E-state index >= 15 is 0 Å². The van der Waals surface area contributed by atoms with E-state index in [1.807, 2.05) is 6.08 Å². The van der Waals surface area contributed by atoms with Crippen LogP contribution in [0.15, 0.2) is 122 Å². The van der Waals surface area contributed by atoms with Crippen molar-refractivity contribution in [3.63, 3.8) is 0 Å². The zero-order valence-corrected chi connectivity index (χ0v) is 50.9. The van der Waals surface area contributed by atoms with Crippen LogP contribution in [0, 0.1) is 0 Å². The molecule has 444 valence electrons. The minimum Gasteiger partial charge on any atom is -0.462 e. The topological polar surface area (TPSA) is 78.9 Å². The van der Waals surface area contributed by atoms with Crippen LogP contribution in [0.1, 0.15) is 297 Å². The molecule has 0 radical (unpaired) electrons. The number of hydrogen-bond acceptors (Lipinski definition) is 6. The van der Waals surface area contributed by atoms with Gasteiger partial charge in [0.15, 0.2) is 6.10 Å². The molecule has 0 saturated heterocycles. The van der Waals surface area contributed by atoms with E-state index in [2.05, 4.69) is 136 Å². The second-order valence-corrected chi connectivity index (χ2v) is 21.3. The van der Waals surface area contributed by atoms with Gasteiger partial charge < -0.3 is 14.2 Å². The Balaban J connectivity index is 4.37. The molecule has 0 N–H and O–H groups in total. The number of esters is 3. The van der Waals surface area contributed by atoms with Gasteiger partial charge in [-0.05, 0) is 96.3 Å². The third kappa shape index (κ3) is 62.7. The maximum atomic E-state index is 12.9. The molecule has 0 aliphatic carbocycles. The summed E-state index contributed by atoms with van der Waals surface area (Å²) in [5, 5.41) is 0. The minimum absolute atomic E-state index is 0.105. The highest BCUT2D eigenvalue weighted by molar-refractivity contribution is 5.71. The molecular formula is C72H120O6. The fourth-order valence-corrected chi connectivity index (χ4v) is 8.93. The second kappa shape index (κ2) is 65.3. The molecule has 0 aliphatic heterocycles. The third-order valence-corrected chi connectivity index (χ3v) is 13.7. The van der Waals surface area contributed by atoms with E-state index in [1.165, 1.54) is 141 Å².